The molecule has 2 heterocycles. The second-order valence-corrected chi connectivity index (χ2v) is 7.90. The van der Waals surface area contributed by atoms with Gasteiger partial charge in [0, 0.05) is 42.8 Å². The summed E-state index contributed by atoms with van der Waals surface area (Å²) in [5, 5.41) is 2.89. The zero-order valence-electron chi connectivity index (χ0n) is 15.3. The monoisotopic (exact) mass is 355 g/mol. The molecule has 2 fully saturated rings. The Labute approximate surface area is 153 Å². The zero-order valence-corrected chi connectivity index (χ0v) is 15.3. The maximum absolute atomic E-state index is 12.4. The van der Waals surface area contributed by atoms with Crippen molar-refractivity contribution in [2.75, 3.05) is 22.9 Å². The van der Waals surface area contributed by atoms with Gasteiger partial charge < -0.3 is 15.1 Å². The second kappa shape index (κ2) is 6.41. The number of nitrogens with one attached hydrogen (secondary N) is 1. The summed E-state index contributed by atoms with van der Waals surface area (Å²) in [6.45, 7) is 4.98. The topological polar surface area (TPSA) is 69.7 Å². The molecule has 1 saturated carbocycles. The van der Waals surface area contributed by atoms with Crippen molar-refractivity contribution >= 4 is 29.1 Å². The highest BCUT2D eigenvalue weighted by molar-refractivity contribution is 6.02. The molecule has 3 aliphatic rings. The third-order valence-corrected chi connectivity index (χ3v) is 5.39. The van der Waals surface area contributed by atoms with E-state index >= 15 is 0 Å². The van der Waals surface area contributed by atoms with E-state index in [-0.39, 0.29) is 42.0 Å². The number of fused-ring (bicyclic) bond motifs is 1. The van der Waals surface area contributed by atoms with Gasteiger partial charge in [0.25, 0.3) is 0 Å². The van der Waals surface area contributed by atoms with E-state index in [1.165, 1.54) is 0 Å². The molecule has 6 heteroatoms. The molecule has 0 bridgehead atoms. The van der Waals surface area contributed by atoms with Crippen LogP contribution in [0.2, 0.25) is 0 Å². The molecule has 4 rings (SSSR count). The third-order valence-electron chi connectivity index (χ3n) is 5.39. The van der Waals surface area contributed by atoms with Crippen molar-refractivity contribution in [2.24, 2.45) is 11.8 Å². The molecule has 1 unspecified atom stereocenters. The van der Waals surface area contributed by atoms with Gasteiger partial charge in [0.15, 0.2) is 0 Å². The molecule has 0 aromatic heterocycles. The van der Waals surface area contributed by atoms with Gasteiger partial charge in [-0.3, -0.25) is 14.4 Å². The quantitative estimate of drug-likeness (QED) is 0.896. The van der Waals surface area contributed by atoms with Crippen LogP contribution in [0.1, 0.15) is 38.7 Å². The van der Waals surface area contributed by atoms with Gasteiger partial charge in [0.05, 0.1) is 5.92 Å². The Hall–Kier alpha value is -2.37. The van der Waals surface area contributed by atoms with Crippen LogP contribution < -0.4 is 15.1 Å². The van der Waals surface area contributed by atoms with Crippen LogP contribution in [-0.4, -0.2) is 36.9 Å². The Morgan fingerprint density at radius 1 is 1.19 bits per heavy atom. The number of nitrogens with zero attached hydrogens (tertiary/aromatic N) is 2. The van der Waals surface area contributed by atoms with Crippen LogP contribution in [0.5, 0.6) is 0 Å². The maximum atomic E-state index is 12.4. The van der Waals surface area contributed by atoms with Crippen molar-refractivity contribution in [3.05, 3.63) is 23.8 Å². The molecule has 3 amide bonds. The van der Waals surface area contributed by atoms with Crippen LogP contribution in [0.15, 0.2) is 18.2 Å². The van der Waals surface area contributed by atoms with Crippen LogP contribution in [0.4, 0.5) is 11.4 Å². The molecule has 2 aliphatic heterocycles. The summed E-state index contributed by atoms with van der Waals surface area (Å²) < 4.78 is 0. The number of carbonyl (C=O) groups excluding carboxylic acids is 3. The number of amides is 3. The van der Waals surface area contributed by atoms with Gasteiger partial charge in [-0.2, -0.15) is 0 Å². The van der Waals surface area contributed by atoms with E-state index < -0.39 is 0 Å². The SMILES string of the molecule is CC(C)NC(=O)C1CC(=O)N(c2ccc3c(c2)CCN3C(=O)C2CC2)C1. The number of hydrogen-bond donors (Lipinski definition) is 1. The lowest BCUT2D eigenvalue weighted by Crippen LogP contribution is -2.37. The predicted octanol–water partition coefficient (Wildman–Crippen LogP) is 1.86. The summed E-state index contributed by atoms with van der Waals surface area (Å²) >= 11 is 0. The van der Waals surface area contributed by atoms with Gasteiger partial charge in [-0.25, -0.2) is 0 Å². The first kappa shape index (κ1) is 17.1. The summed E-state index contributed by atoms with van der Waals surface area (Å²) in [4.78, 5) is 40.6. The van der Waals surface area contributed by atoms with E-state index in [1.54, 1.807) is 4.90 Å². The van der Waals surface area contributed by atoms with Gasteiger partial charge >= 0.3 is 0 Å². The minimum absolute atomic E-state index is 0.0160. The van der Waals surface area contributed by atoms with E-state index in [1.807, 2.05) is 36.9 Å². The minimum Gasteiger partial charge on any atom is -0.354 e. The first-order valence-electron chi connectivity index (χ1n) is 9.49. The molecule has 1 aromatic carbocycles. The largest absolute Gasteiger partial charge is 0.354 e. The molecule has 1 N–H and O–H groups in total. The van der Waals surface area contributed by atoms with Gasteiger partial charge in [0.2, 0.25) is 17.7 Å². The fourth-order valence-corrected chi connectivity index (χ4v) is 3.87. The van der Waals surface area contributed by atoms with Crippen molar-refractivity contribution in [2.45, 2.75) is 45.6 Å². The van der Waals surface area contributed by atoms with Gasteiger partial charge in [0.1, 0.15) is 0 Å². The molecule has 1 saturated heterocycles. The van der Waals surface area contributed by atoms with Crippen LogP contribution in [0.25, 0.3) is 0 Å². The van der Waals surface area contributed by atoms with Crippen LogP contribution in [0.3, 0.4) is 0 Å². The van der Waals surface area contributed by atoms with Crippen molar-refractivity contribution in [3.8, 4) is 0 Å². The van der Waals surface area contributed by atoms with Crippen LogP contribution in [0, 0.1) is 11.8 Å². The molecule has 26 heavy (non-hydrogen) atoms. The first-order chi connectivity index (χ1) is 12.4. The van der Waals surface area contributed by atoms with Gasteiger partial charge in [-0.15, -0.1) is 0 Å². The lowest BCUT2D eigenvalue weighted by molar-refractivity contribution is -0.126. The summed E-state index contributed by atoms with van der Waals surface area (Å²) in [6, 6.07) is 5.93. The molecule has 0 radical (unpaired) electrons. The molecular formula is C20H25N3O3. The number of rotatable bonds is 4. The highest BCUT2D eigenvalue weighted by Crippen LogP contribution is 2.38. The fraction of sp³-hybridized carbons (Fsp3) is 0.550. The third kappa shape index (κ3) is 3.08. The number of hydrogen-bond acceptors (Lipinski definition) is 3. The average molecular weight is 355 g/mol. The smallest absolute Gasteiger partial charge is 0.230 e. The Morgan fingerprint density at radius 2 is 1.96 bits per heavy atom. The molecule has 1 atom stereocenters. The van der Waals surface area contributed by atoms with E-state index in [9.17, 15) is 14.4 Å². The van der Waals surface area contributed by atoms with Crippen molar-refractivity contribution in [1.29, 1.82) is 0 Å². The molecule has 1 aliphatic carbocycles. The Balaban J connectivity index is 1.50. The number of benzene rings is 1. The fourth-order valence-electron chi connectivity index (χ4n) is 3.87. The number of carbonyl (C=O) groups is 3. The molecule has 0 spiro atoms. The van der Waals surface area contributed by atoms with E-state index in [0.29, 0.717) is 6.54 Å². The maximum Gasteiger partial charge on any atom is 0.230 e. The molecular weight excluding hydrogens is 330 g/mol. The van der Waals surface area contributed by atoms with E-state index in [4.69, 9.17) is 0 Å². The normalized spacial score (nSPS) is 22.1. The Bertz CT molecular complexity index is 770. The van der Waals surface area contributed by atoms with E-state index in [2.05, 4.69) is 5.32 Å². The second-order valence-electron chi connectivity index (χ2n) is 7.90. The van der Waals surface area contributed by atoms with Crippen LogP contribution >= 0.6 is 0 Å². The van der Waals surface area contributed by atoms with Gasteiger partial charge in [-0.05, 0) is 56.9 Å². The van der Waals surface area contributed by atoms with Crippen molar-refractivity contribution in [3.63, 3.8) is 0 Å². The van der Waals surface area contributed by atoms with Crippen LogP contribution in [-0.2, 0) is 20.8 Å². The highest BCUT2D eigenvalue weighted by Gasteiger charge is 2.38. The summed E-state index contributed by atoms with van der Waals surface area (Å²) in [5.41, 5.74) is 2.92. The standard InChI is InChI=1S/C20H25N3O3/c1-12(2)21-19(25)15-10-18(24)23(11-15)16-5-6-17-14(9-16)7-8-22(17)20(26)13-3-4-13/h5-6,9,12-13,15H,3-4,7-8,10-11H2,1-2H3,(H,21,25). The molecule has 6 nitrogen and oxygen atoms in total. The first-order valence-corrected chi connectivity index (χ1v) is 9.49. The highest BCUT2D eigenvalue weighted by atomic mass is 16.2. The predicted molar refractivity (Wildman–Crippen MR) is 99.0 cm³/mol. The molecule has 1 aromatic rings. The number of anilines is 2. The zero-order chi connectivity index (χ0) is 18.4. The van der Waals surface area contributed by atoms with E-state index in [0.717, 1.165) is 42.7 Å². The molecule has 138 valence electrons. The summed E-state index contributed by atoms with van der Waals surface area (Å²) in [7, 11) is 0. The van der Waals surface area contributed by atoms with Crippen molar-refractivity contribution in [1.82, 2.24) is 5.32 Å². The van der Waals surface area contributed by atoms with Gasteiger partial charge in [-0.1, -0.05) is 0 Å². The Morgan fingerprint density at radius 3 is 2.65 bits per heavy atom. The Kier molecular flexibility index (Phi) is 4.21. The minimum atomic E-state index is -0.300. The lowest BCUT2D eigenvalue weighted by atomic mass is 10.1. The summed E-state index contributed by atoms with van der Waals surface area (Å²) in [5.74, 6) is 0.0715. The average Bonchev–Trinajstić information content (AvgIpc) is 3.25. The summed E-state index contributed by atoms with van der Waals surface area (Å²) in [6.07, 6.45) is 3.08. The lowest BCUT2D eigenvalue weighted by Gasteiger charge is -2.20. The van der Waals surface area contributed by atoms with Crippen molar-refractivity contribution < 1.29 is 14.4 Å².